The maximum Gasteiger partial charge on any atom is 0.0746 e. The molecule has 112 valence electrons. The van der Waals surface area contributed by atoms with Gasteiger partial charge in [-0.15, -0.1) is 0 Å². The zero-order valence-electron chi connectivity index (χ0n) is 12.7. The summed E-state index contributed by atoms with van der Waals surface area (Å²) in [5.41, 5.74) is 0.779. The lowest BCUT2D eigenvalue weighted by Gasteiger charge is -2.38. The second kappa shape index (κ2) is 6.46. The van der Waals surface area contributed by atoms with E-state index in [4.69, 9.17) is 11.6 Å². The molecule has 0 bridgehead atoms. The smallest absolute Gasteiger partial charge is 0.0746 e. The van der Waals surface area contributed by atoms with E-state index in [9.17, 15) is 5.11 Å². The van der Waals surface area contributed by atoms with Gasteiger partial charge in [-0.2, -0.15) is 0 Å². The molecule has 0 aromatic heterocycles. The highest BCUT2D eigenvalue weighted by atomic mass is 35.5. The summed E-state index contributed by atoms with van der Waals surface area (Å²) in [5, 5.41) is 14.6. The van der Waals surface area contributed by atoms with Gasteiger partial charge in [-0.25, -0.2) is 0 Å². The molecule has 2 nitrogen and oxygen atoms in total. The van der Waals surface area contributed by atoms with Gasteiger partial charge in [-0.05, 0) is 55.7 Å². The molecule has 1 aliphatic carbocycles. The average molecular weight is 296 g/mol. The summed E-state index contributed by atoms with van der Waals surface area (Å²) in [6.45, 7) is 6.90. The van der Waals surface area contributed by atoms with E-state index >= 15 is 0 Å². The molecule has 1 aromatic carbocycles. The first-order valence-corrected chi connectivity index (χ1v) is 7.95. The Kier molecular flexibility index (Phi) is 5.11. The van der Waals surface area contributed by atoms with Crippen LogP contribution in [0.4, 0.5) is 0 Å². The average Bonchev–Trinajstić information content (AvgIpc) is 2.27. The molecule has 1 aliphatic rings. The van der Waals surface area contributed by atoms with Crippen molar-refractivity contribution >= 4 is 11.6 Å². The predicted molar refractivity (Wildman–Crippen MR) is 85.3 cm³/mol. The van der Waals surface area contributed by atoms with Crippen LogP contribution in [0, 0.1) is 5.92 Å². The molecule has 3 heteroatoms. The Labute approximate surface area is 127 Å². The molecule has 1 fully saturated rings. The third-order valence-electron chi connectivity index (χ3n) is 4.10. The minimum absolute atomic E-state index is 0.523. The predicted octanol–water partition coefficient (Wildman–Crippen LogP) is 3.97. The number of halogens is 1. The molecule has 0 amide bonds. The topological polar surface area (TPSA) is 32.3 Å². The quantitative estimate of drug-likeness (QED) is 0.832. The van der Waals surface area contributed by atoms with Crippen LogP contribution in [0.5, 0.6) is 0 Å². The third-order valence-corrected chi connectivity index (χ3v) is 4.35. The number of rotatable bonds is 6. The summed E-state index contributed by atoms with van der Waals surface area (Å²) < 4.78 is 0. The van der Waals surface area contributed by atoms with Crippen LogP contribution in [-0.2, 0) is 0 Å². The largest absolute Gasteiger partial charge is 0.389 e. The Balaban J connectivity index is 1.73. The van der Waals surface area contributed by atoms with Crippen LogP contribution in [0.15, 0.2) is 24.3 Å². The first-order chi connectivity index (χ1) is 9.35. The van der Waals surface area contributed by atoms with Crippen molar-refractivity contribution in [3.05, 3.63) is 34.9 Å². The fraction of sp³-hybridized carbons (Fsp3) is 0.647. The van der Waals surface area contributed by atoms with Crippen LogP contribution < -0.4 is 5.32 Å². The highest BCUT2D eigenvalue weighted by molar-refractivity contribution is 6.30. The standard InChI is InChI=1S/C17H26ClNO/c1-12(2)10-17(3,20)11-19-16-8-14(9-16)13-4-6-15(18)7-5-13/h4-7,12,14,16,19-20H,8-11H2,1-3H3. The Hall–Kier alpha value is -0.570. The SMILES string of the molecule is CC(C)CC(C)(O)CNC1CC(c2ccc(Cl)cc2)C1. The second-order valence-corrected chi connectivity index (χ2v) is 7.33. The van der Waals surface area contributed by atoms with Crippen LogP contribution in [0.3, 0.4) is 0 Å². The lowest BCUT2D eigenvalue weighted by molar-refractivity contribution is 0.0320. The van der Waals surface area contributed by atoms with Gasteiger partial charge in [0, 0.05) is 17.6 Å². The van der Waals surface area contributed by atoms with Crippen LogP contribution in [0.25, 0.3) is 0 Å². The van der Waals surface area contributed by atoms with Crippen LogP contribution in [-0.4, -0.2) is 23.3 Å². The van der Waals surface area contributed by atoms with Gasteiger partial charge in [-0.3, -0.25) is 0 Å². The number of nitrogens with one attached hydrogen (secondary N) is 1. The van der Waals surface area contributed by atoms with E-state index in [-0.39, 0.29) is 0 Å². The summed E-state index contributed by atoms with van der Waals surface area (Å²) >= 11 is 5.91. The lowest BCUT2D eigenvalue weighted by atomic mass is 9.75. The van der Waals surface area contributed by atoms with E-state index in [2.05, 4.69) is 31.3 Å². The molecule has 1 unspecified atom stereocenters. The van der Waals surface area contributed by atoms with Crippen molar-refractivity contribution in [2.45, 2.75) is 57.6 Å². The van der Waals surface area contributed by atoms with Crippen LogP contribution >= 0.6 is 11.6 Å². The number of hydrogen-bond donors (Lipinski definition) is 2. The number of hydrogen-bond acceptors (Lipinski definition) is 2. The number of benzene rings is 1. The van der Waals surface area contributed by atoms with Gasteiger partial charge in [0.15, 0.2) is 0 Å². The molecular weight excluding hydrogens is 270 g/mol. The van der Waals surface area contributed by atoms with Crippen molar-refractivity contribution in [3.63, 3.8) is 0 Å². The molecule has 20 heavy (non-hydrogen) atoms. The van der Waals surface area contributed by atoms with E-state index in [0.717, 1.165) is 24.3 Å². The van der Waals surface area contributed by atoms with Gasteiger partial charge in [0.1, 0.15) is 0 Å². The molecule has 1 saturated carbocycles. The van der Waals surface area contributed by atoms with Crippen molar-refractivity contribution in [2.24, 2.45) is 5.92 Å². The minimum atomic E-state index is -0.598. The van der Waals surface area contributed by atoms with E-state index in [1.165, 1.54) is 5.56 Å². The Morgan fingerprint density at radius 3 is 2.45 bits per heavy atom. The normalized spacial score (nSPS) is 25.3. The van der Waals surface area contributed by atoms with Crippen molar-refractivity contribution < 1.29 is 5.11 Å². The fourth-order valence-corrected chi connectivity index (χ4v) is 3.23. The van der Waals surface area contributed by atoms with Gasteiger partial charge < -0.3 is 10.4 Å². The zero-order valence-corrected chi connectivity index (χ0v) is 13.5. The molecule has 0 saturated heterocycles. The second-order valence-electron chi connectivity index (χ2n) is 6.89. The van der Waals surface area contributed by atoms with Crippen molar-refractivity contribution in [1.29, 1.82) is 0 Å². The fourth-order valence-electron chi connectivity index (χ4n) is 3.11. The van der Waals surface area contributed by atoms with Gasteiger partial charge in [0.05, 0.1) is 5.60 Å². The van der Waals surface area contributed by atoms with Gasteiger partial charge in [0.2, 0.25) is 0 Å². The molecule has 2 N–H and O–H groups in total. The van der Waals surface area contributed by atoms with E-state index in [0.29, 0.717) is 24.4 Å². The van der Waals surface area contributed by atoms with Crippen molar-refractivity contribution in [1.82, 2.24) is 5.32 Å². The molecule has 0 heterocycles. The highest BCUT2D eigenvalue weighted by Crippen LogP contribution is 2.37. The molecular formula is C17H26ClNO. The summed E-state index contributed by atoms with van der Waals surface area (Å²) in [6, 6.07) is 8.71. The number of aliphatic hydroxyl groups is 1. The summed E-state index contributed by atoms with van der Waals surface area (Å²) in [7, 11) is 0. The summed E-state index contributed by atoms with van der Waals surface area (Å²) in [4.78, 5) is 0. The Bertz CT molecular complexity index is 421. The third kappa shape index (κ3) is 4.47. The van der Waals surface area contributed by atoms with Crippen LogP contribution in [0.1, 0.15) is 51.5 Å². The maximum absolute atomic E-state index is 10.3. The molecule has 1 atom stereocenters. The summed E-state index contributed by atoms with van der Waals surface area (Å²) in [5.74, 6) is 1.16. The minimum Gasteiger partial charge on any atom is -0.389 e. The van der Waals surface area contributed by atoms with Crippen molar-refractivity contribution in [3.8, 4) is 0 Å². The molecule has 0 aliphatic heterocycles. The summed E-state index contributed by atoms with van der Waals surface area (Å²) in [6.07, 6.45) is 3.14. The molecule has 0 spiro atoms. The van der Waals surface area contributed by atoms with Crippen molar-refractivity contribution in [2.75, 3.05) is 6.54 Å². The monoisotopic (exact) mass is 295 g/mol. The van der Waals surface area contributed by atoms with E-state index < -0.39 is 5.60 Å². The molecule has 1 aromatic rings. The van der Waals surface area contributed by atoms with Gasteiger partial charge in [-0.1, -0.05) is 37.6 Å². The van der Waals surface area contributed by atoms with E-state index in [1.54, 1.807) is 0 Å². The van der Waals surface area contributed by atoms with Gasteiger partial charge in [0.25, 0.3) is 0 Å². The zero-order chi connectivity index (χ0) is 14.8. The Morgan fingerprint density at radius 1 is 1.30 bits per heavy atom. The molecule has 2 rings (SSSR count). The Morgan fingerprint density at radius 2 is 1.90 bits per heavy atom. The lowest BCUT2D eigenvalue weighted by Crippen LogP contribution is -2.47. The van der Waals surface area contributed by atoms with Gasteiger partial charge >= 0.3 is 0 Å². The first kappa shape index (κ1) is 15.8. The van der Waals surface area contributed by atoms with E-state index in [1.807, 2.05) is 19.1 Å². The highest BCUT2D eigenvalue weighted by Gasteiger charge is 2.32. The van der Waals surface area contributed by atoms with Crippen LogP contribution in [0.2, 0.25) is 5.02 Å². The maximum atomic E-state index is 10.3. The first-order valence-electron chi connectivity index (χ1n) is 7.57. The molecule has 0 radical (unpaired) electrons.